The highest BCUT2D eigenvalue weighted by atomic mass is 35.5. The summed E-state index contributed by atoms with van der Waals surface area (Å²) in [7, 11) is 0. The van der Waals surface area contributed by atoms with Gasteiger partial charge in [0.15, 0.2) is 5.13 Å². The lowest BCUT2D eigenvalue weighted by Crippen LogP contribution is -2.12. The second-order valence-corrected chi connectivity index (χ2v) is 6.26. The molecule has 0 aliphatic heterocycles. The van der Waals surface area contributed by atoms with E-state index in [-0.39, 0.29) is 11.6 Å². The van der Waals surface area contributed by atoms with Crippen molar-refractivity contribution in [3.63, 3.8) is 0 Å². The van der Waals surface area contributed by atoms with Crippen LogP contribution in [0.15, 0.2) is 36.4 Å². The lowest BCUT2D eigenvalue weighted by molar-refractivity contribution is -0.385. The van der Waals surface area contributed by atoms with E-state index in [1.54, 1.807) is 13.0 Å². The van der Waals surface area contributed by atoms with E-state index in [1.807, 2.05) is 12.1 Å². The number of anilines is 1. The van der Waals surface area contributed by atoms with Crippen molar-refractivity contribution in [3.8, 4) is 0 Å². The van der Waals surface area contributed by atoms with E-state index in [4.69, 9.17) is 11.6 Å². The first-order chi connectivity index (χ1) is 11.0. The van der Waals surface area contributed by atoms with Crippen LogP contribution >= 0.6 is 22.9 Å². The van der Waals surface area contributed by atoms with Crippen molar-refractivity contribution in [2.24, 2.45) is 0 Å². The fourth-order valence-electron chi connectivity index (χ4n) is 2.14. The largest absolute Gasteiger partial charge is 0.298 e. The number of nitro benzene ring substituents is 1. The monoisotopic (exact) mass is 347 g/mol. The Labute approximate surface area is 139 Å². The van der Waals surface area contributed by atoms with Crippen LogP contribution < -0.4 is 5.32 Å². The summed E-state index contributed by atoms with van der Waals surface area (Å²) >= 11 is 7.37. The number of hydrogen-bond acceptors (Lipinski definition) is 5. The number of aromatic nitrogens is 1. The fraction of sp³-hybridized carbons (Fsp3) is 0.0667. The zero-order valence-corrected chi connectivity index (χ0v) is 13.4. The molecule has 3 aromatic rings. The molecule has 0 spiro atoms. The van der Waals surface area contributed by atoms with Crippen LogP contribution in [0.5, 0.6) is 0 Å². The van der Waals surface area contributed by atoms with E-state index in [0.29, 0.717) is 26.8 Å². The third kappa shape index (κ3) is 3.01. The van der Waals surface area contributed by atoms with Gasteiger partial charge in [-0.25, -0.2) is 4.98 Å². The molecule has 1 amide bonds. The van der Waals surface area contributed by atoms with Crippen molar-refractivity contribution < 1.29 is 9.72 Å². The number of benzene rings is 2. The molecule has 0 aliphatic rings. The Hall–Kier alpha value is -2.51. The SMILES string of the molecule is Cc1cc(C(=O)Nc2nc3c(Cl)cccc3s2)ccc1[N+](=O)[O-]. The van der Waals surface area contributed by atoms with Crippen LogP contribution in [-0.2, 0) is 0 Å². The average Bonchev–Trinajstić information content (AvgIpc) is 2.90. The van der Waals surface area contributed by atoms with Gasteiger partial charge in [0.2, 0.25) is 0 Å². The summed E-state index contributed by atoms with van der Waals surface area (Å²) in [5.41, 5.74) is 1.37. The Balaban J connectivity index is 1.87. The number of nitrogens with one attached hydrogen (secondary N) is 1. The van der Waals surface area contributed by atoms with Gasteiger partial charge < -0.3 is 0 Å². The fourth-order valence-corrected chi connectivity index (χ4v) is 3.30. The van der Waals surface area contributed by atoms with Gasteiger partial charge in [-0.2, -0.15) is 0 Å². The van der Waals surface area contributed by atoms with Gasteiger partial charge in [0.25, 0.3) is 11.6 Å². The molecule has 0 radical (unpaired) electrons. The first-order valence-corrected chi connectivity index (χ1v) is 7.76. The van der Waals surface area contributed by atoms with Crippen molar-refractivity contribution in [1.82, 2.24) is 4.98 Å². The van der Waals surface area contributed by atoms with Crippen molar-refractivity contribution in [3.05, 3.63) is 62.7 Å². The van der Waals surface area contributed by atoms with E-state index < -0.39 is 4.92 Å². The van der Waals surface area contributed by atoms with Crippen LogP contribution in [0.3, 0.4) is 0 Å². The maximum absolute atomic E-state index is 12.3. The van der Waals surface area contributed by atoms with Crippen LogP contribution in [0.25, 0.3) is 10.2 Å². The Morgan fingerprint density at radius 1 is 1.35 bits per heavy atom. The normalized spacial score (nSPS) is 10.7. The Morgan fingerprint density at radius 2 is 2.13 bits per heavy atom. The molecule has 2 aromatic carbocycles. The van der Waals surface area contributed by atoms with Gasteiger partial charge >= 0.3 is 0 Å². The quantitative estimate of drug-likeness (QED) is 0.561. The van der Waals surface area contributed by atoms with Gasteiger partial charge in [-0.15, -0.1) is 0 Å². The summed E-state index contributed by atoms with van der Waals surface area (Å²) in [6.07, 6.45) is 0. The first-order valence-electron chi connectivity index (χ1n) is 6.57. The predicted octanol–water partition coefficient (Wildman–Crippen LogP) is 4.42. The number of nitro groups is 1. The Morgan fingerprint density at radius 3 is 2.78 bits per heavy atom. The van der Waals surface area contributed by atoms with Crippen LogP contribution in [-0.4, -0.2) is 15.8 Å². The van der Waals surface area contributed by atoms with Gasteiger partial charge in [0, 0.05) is 17.2 Å². The second-order valence-electron chi connectivity index (χ2n) is 4.82. The molecule has 0 bridgehead atoms. The Bertz CT molecular complexity index is 939. The molecular weight excluding hydrogens is 338 g/mol. The van der Waals surface area contributed by atoms with Gasteiger partial charge in [0.1, 0.15) is 5.52 Å². The smallest absolute Gasteiger partial charge is 0.272 e. The van der Waals surface area contributed by atoms with E-state index in [1.165, 1.54) is 29.5 Å². The summed E-state index contributed by atoms with van der Waals surface area (Å²) in [5.74, 6) is -0.377. The van der Waals surface area contributed by atoms with Crippen molar-refractivity contribution >= 4 is 49.9 Å². The highest BCUT2D eigenvalue weighted by molar-refractivity contribution is 7.22. The van der Waals surface area contributed by atoms with E-state index >= 15 is 0 Å². The minimum absolute atomic E-state index is 0.0201. The summed E-state index contributed by atoms with van der Waals surface area (Å²) in [4.78, 5) is 26.9. The number of carbonyl (C=O) groups is 1. The molecule has 0 unspecified atom stereocenters. The van der Waals surface area contributed by atoms with Crippen LogP contribution in [0.1, 0.15) is 15.9 Å². The molecule has 6 nitrogen and oxygen atoms in total. The number of hydrogen-bond donors (Lipinski definition) is 1. The molecular formula is C15H10ClN3O3S. The van der Waals surface area contributed by atoms with Gasteiger partial charge in [-0.3, -0.25) is 20.2 Å². The molecule has 0 aliphatic carbocycles. The predicted molar refractivity (Wildman–Crippen MR) is 90.4 cm³/mol. The van der Waals surface area contributed by atoms with Gasteiger partial charge in [-0.05, 0) is 31.2 Å². The number of aryl methyl sites for hydroxylation is 1. The third-order valence-electron chi connectivity index (χ3n) is 3.25. The maximum atomic E-state index is 12.3. The second kappa shape index (κ2) is 5.94. The number of rotatable bonds is 3. The molecule has 0 saturated carbocycles. The highest BCUT2D eigenvalue weighted by Gasteiger charge is 2.15. The van der Waals surface area contributed by atoms with Gasteiger partial charge in [-0.1, -0.05) is 29.0 Å². The molecule has 3 rings (SSSR count). The zero-order valence-electron chi connectivity index (χ0n) is 11.9. The summed E-state index contributed by atoms with van der Waals surface area (Å²) in [6.45, 7) is 1.59. The molecule has 8 heteroatoms. The summed E-state index contributed by atoms with van der Waals surface area (Å²) in [5, 5.41) is 14.4. The van der Waals surface area contributed by atoms with Crippen molar-refractivity contribution in [2.75, 3.05) is 5.32 Å². The molecule has 0 fully saturated rings. The highest BCUT2D eigenvalue weighted by Crippen LogP contribution is 2.31. The van der Waals surface area contributed by atoms with E-state index in [0.717, 1.165) is 4.70 Å². The zero-order chi connectivity index (χ0) is 16.6. The standard InChI is InChI=1S/C15H10ClN3O3S/c1-8-7-9(5-6-11(8)19(21)22)14(20)18-15-17-13-10(16)3-2-4-12(13)23-15/h2-7H,1H3,(H,17,18,20). The number of amides is 1. The number of thiazole rings is 1. The molecule has 116 valence electrons. The summed E-state index contributed by atoms with van der Waals surface area (Å²) < 4.78 is 0.868. The molecule has 0 atom stereocenters. The lowest BCUT2D eigenvalue weighted by Gasteiger charge is -2.03. The minimum Gasteiger partial charge on any atom is -0.298 e. The van der Waals surface area contributed by atoms with Crippen molar-refractivity contribution in [1.29, 1.82) is 0 Å². The first kappa shape index (κ1) is 15.4. The van der Waals surface area contributed by atoms with Crippen molar-refractivity contribution in [2.45, 2.75) is 6.92 Å². The number of fused-ring (bicyclic) bond motifs is 1. The summed E-state index contributed by atoms with van der Waals surface area (Å²) in [6, 6.07) is 9.63. The van der Waals surface area contributed by atoms with E-state index in [9.17, 15) is 14.9 Å². The number of nitrogens with zero attached hydrogens (tertiary/aromatic N) is 2. The molecule has 23 heavy (non-hydrogen) atoms. The molecule has 0 saturated heterocycles. The molecule has 1 heterocycles. The van der Waals surface area contributed by atoms with Crippen LogP contribution in [0.4, 0.5) is 10.8 Å². The number of para-hydroxylation sites is 1. The van der Waals surface area contributed by atoms with E-state index in [2.05, 4.69) is 10.3 Å². The van der Waals surface area contributed by atoms with Crippen LogP contribution in [0, 0.1) is 17.0 Å². The maximum Gasteiger partial charge on any atom is 0.272 e. The average molecular weight is 348 g/mol. The third-order valence-corrected chi connectivity index (χ3v) is 4.49. The Kier molecular flexibility index (Phi) is 3.97. The minimum atomic E-state index is -0.480. The number of halogens is 1. The molecule has 1 N–H and O–H groups in total. The lowest BCUT2D eigenvalue weighted by atomic mass is 10.1. The van der Waals surface area contributed by atoms with Gasteiger partial charge in [0.05, 0.1) is 14.6 Å². The molecule has 1 aromatic heterocycles. The number of carbonyl (C=O) groups excluding carboxylic acids is 1. The topological polar surface area (TPSA) is 85.1 Å². The van der Waals surface area contributed by atoms with Crippen LogP contribution in [0.2, 0.25) is 5.02 Å².